The second kappa shape index (κ2) is 6.51. The molecule has 1 atom stereocenters. The Labute approximate surface area is 168 Å². The molecule has 2 saturated heterocycles. The molecule has 1 unspecified atom stereocenters. The number of hydrogen-bond acceptors (Lipinski definition) is 6. The first-order chi connectivity index (χ1) is 13.3. The summed E-state index contributed by atoms with van der Waals surface area (Å²) >= 11 is 5.27. The van der Waals surface area contributed by atoms with Gasteiger partial charge in [-0.3, -0.25) is 29.5 Å². The molecular weight excluding hydrogens is 380 g/mol. The van der Waals surface area contributed by atoms with Gasteiger partial charge in [0.1, 0.15) is 0 Å². The Bertz CT molecular complexity index is 878. The second-order valence-electron chi connectivity index (χ2n) is 7.79. The van der Waals surface area contributed by atoms with E-state index in [1.807, 2.05) is 0 Å². The van der Waals surface area contributed by atoms with Gasteiger partial charge in [-0.25, -0.2) is 0 Å². The van der Waals surface area contributed by atoms with Crippen molar-refractivity contribution in [3.8, 4) is 0 Å². The lowest BCUT2D eigenvalue weighted by Crippen LogP contribution is -2.71. The van der Waals surface area contributed by atoms with E-state index in [4.69, 9.17) is 12.2 Å². The minimum Gasteiger partial charge on any atom is -0.367 e. The summed E-state index contributed by atoms with van der Waals surface area (Å²) in [5, 5.41) is 11.5. The van der Waals surface area contributed by atoms with Gasteiger partial charge in [0.2, 0.25) is 11.8 Å². The van der Waals surface area contributed by atoms with Crippen LogP contribution < -0.4 is 4.90 Å². The van der Waals surface area contributed by atoms with E-state index in [0.29, 0.717) is 5.56 Å². The van der Waals surface area contributed by atoms with Gasteiger partial charge in [0.25, 0.3) is 5.69 Å². The van der Waals surface area contributed by atoms with Gasteiger partial charge in [-0.2, -0.15) is 0 Å². The minimum atomic E-state index is -1.31. The number of thiocarbonyl (C=S) groups is 1. The minimum absolute atomic E-state index is 0.0323. The Morgan fingerprint density at radius 3 is 2.46 bits per heavy atom. The van der Waals surface area contributed by atoms with Gasteiger partial charge in [-0.1, -0.05) is 12.8 Å². The number of carbonyl (C=O) groups excluding carboxylic acids is 2. The van der Waals surface area contributed by atoms with E-state index in [0.717, 1.165) is 37.9 Å². The number of nitro benzene ring substituents is 1. The number of hydrogen-bond donors (Lipinski definition) is 0. The molecule has 3 heterocycles. The van der Waals surface area contributed by atoms with Crippen molar-refractivity contribution >= 4 is 40.5 Å². The molecular formula is C19H22N4O4S. The molecule has 8 nitrogen and oxygen atoms in total. The lowest BCUT2D eigenvalue weighted by atomic mass is 9.67. The van der Waals surface area contributed by atoms with Gasteiger partial charge in [0, 0.05) is 44.9 Å². The molecule has 2 amide bonds. The lowest BCUT2D eigenvalue weighted by Gasteiger charge is -2.53. The normalized spacial score (nSPS) is 24.1. The fourth-order valence-electron chi connectivity index (χ4n) is 4.96. The third-order valence-electron chi connectivity index (χ3n) is 6.32. The molecule has 1 aromatic rings. The number of carbonyl (C=O) groups is 2. The Balaban J connectivity index is 1.93. The highest BCUT2D eigenvalue weighted by molar-refractivity contribution is 7.80. The fourth-order valence-corrected chi connectivity index (χ4v) is 5.13. The van der Waals surface area contributed by atoms with E-state index in [1.54, 1.807) is 20.2 Å². The highest BCUT2D eigenvalue weighted by Crippen LogP contribution is 2.48. The van der Waals surface area contributed by atoms with Crippen molar-refractivity contribution in [2.24, 2.45) is 5.41 Å². The van der Waals surface area contributed by atoms with E-state index in [-0.39, 0.29) is 35.1 Å². The highest BCUT2D eigenvalue weighted by atomic mass is 32.1. The SMILES string of the molecule is CN1C(=O)C2(Cc3cc([N+](=O)[O-])ccc3N3CCCCCC32)C(=O)N(C)C1=S. The highest BCUT2D eigenvalue weighted by Gasteiger charge is 2.62. The number of nitrogens with zero attached hydrogens (tertiary/aromatic N) is 4. The first-order valence-corrected chi connectivity index (χ1v) is 9.84. The summed E-state index contributed by atoms with van der Waals surface area (Å²) in [6.07, 6.45) is 3.79. The maximum atomic E-state index is 13.5. The van der Waals surface area contributed by atoms with Crippen molar-refractivity contribution in [1.82, 2.24) is 9.80 Å². The van der Waals surface area contributed by atoms with Crippen LogP contribution in [0.3, 0.4) is 0 Å². The van der Waals surface area contributed by atoms with Crippen LogP contribution in [0.2, 0.25) is 0 Å². The molecule has 0 aromatic heterocycles. The quantitative estimate of drug-likeness (QED) is 0.309. The summed E-state index contributed by atoms with van der Waals surface area (Å²) in [4.78, 5) is 42.7. The van der Waals surface area contributed by atoms with Crippen molar-refractivity contribution in [3.05, 3.63) is 33.9 Å². The van der Waals surface area contributed by atoms with Crippen LogP contribution in [0.15, 0.2) is 18.2 Å². The number of rotatable bonds is 1. The van der Waals surface area contributed by atoms with Crippen LogP contribution in [0.4, 0.5) is 11.4 Å². The van der Waals surface area contributed by atoms with E-state index in [9.17, 15) is 19.7 Å². The Morgan fingerprint density at radius 2 is 1.82 bits per heavy atom. The zero-order valence-corrected chi connectivity index (χ0v) is 16.7. The molecule has 3 aliphatic rings. The van der Waals surface area contributed by atoms with Gasteiger partial charge in [0.15, 0.2) is 10.5 Å². The van der Waals surface area contributed by atoms with Crippen LogP contribution in [0.1, 0.15) is 31.2 Å². The molecule has 0 bridgehead atoms. The molecule has 3 aliphatic heterocycles. The number of non-ortho nitro benzene ring substituents is 1. The van der Waals surface area contributed by atoms with Crippen LogP contribution in [-0.2, 0) is 16.0 Å². The van der Waals surface area contributed by atoms with E-state index in [2.05, 4.69) is 4.90 Å². The topological polar surface area (TPSA) is 87.0 Å². The maximum absolute atomic E-state index is 13.5. The van der Waals surface area contributed by atoms with Crippen LogP contribution in [0.25, 0.3) is 0 Å². The molecule has 4 rings (SSSR count). The van der Waals surface area contributed by atoms with Gasteiger partial charge < -0.3 is 4.90 Å². The average Bonchev–Trinajstić information content (AvgIpc) is 2.95. The number of amides is 2. The van der Waals surface area contributed by atoms with E-state index in [1.165, 1.54) is 21.9 Å². The van der Waals surface area contributed by atoms with Crippen LogP contribution in [-0.4, -0.2) is 58.3 Å². The zero-order valence-electron chi connectivity index (χ0n) is 15.9. The average molecular weight is 402 g/mol. The Kier molecular flexibility index (Phi) is 4.37. The van der Waals surface area contributed by atoms with Gasteiger partial charge >= 0.3 is 0 Å². The predicted molar refractivity (Wildman–Crippen MR) is 107 cm³/mol. The predicted octanol–water partition coefficient (Wildman–Crippen LogP) is 2.10. The molecule has 1 aromatic carbocycles. The van der Waals surface area contributed by atoms with Gasteiger partial charge in [-0.15, -0.1) is 0 Å². The molecule has 0 saturated carbocycles. The largest absolute Gasteiger partial charge is 0.367 e. The maximum Gasteiger partial charge on any atom is 0.269 e. The summed E-state index contributed by atoms with van der Waals surface area (Å²) in [5.41, 5.74) is 0.221. The van der Waals surface area contributed by atoms with E-state index < -0.39 is 10.3 Å². The third-order valence-corrected chi connectivity index (χ3v) is 6.87. The molecule has 0 aliphatic carbocycles. The first kappa shape index (κ1) is 18.8. The summed E-state index contributed by atoms with van der Waals surface area (Å²) in [7, 11) is 3.19. The van der Waals surface area contributed by atoms with Crippen molar-refractivity contribution in [2.45, 2.75) is 38.1 Å². The van der Waals surface area contributed by atoms with Crippen LogP contribution in [0.5, 0.6) is 0 Å². The second-order valence-corrected chi connectivity index (χ2v) is 8.15. The molecule has 0 N–H and O–H groups in total. The van der Waals surface area contributed by atoms with Crippen LogP contribution in [0, 0.1) is 15.5 Å². The first-order valence-electron chi connectivity index (χ1n) is 9.43. The van der Waals surface area contributed by atoms with Crippen molar-refractivity contribution in [1.29, 1.82) is 0 Å². The van der Waals surface area contributed by atoms with Crippen molar-refractivity contribution in [3.63, 3.8) is 0 Å². The molecule has 28 heavy (non-hydrogen) atoms. The molecule has 0 radical (unpaired) electrons. The summed E-state index contributed by atoms with van der Waals surface area (Å²) in [6, 6.07) is 4.48. The fraction of sp³-hybridized carbons (Fsp3) is 0.526. The monoisotopic (exact) mass is 402 g/mol. The number of anilines is 1. The van der Waals surface area contributed by atoms with Crippen molar-refractivity contribution < 1.29 is 14.5 Å². The summed E-state index contributed by atoms with van der Waals surface area (Å²) in [5.74, 6) is -0.621. The third kappa shape index (κ3) is 2.45. The zero-order chi connectivity index (χ0) is 20.2. The molecule has 148 valence electrons. The summed E-state index contributed by atoms with van der Waals surface area (Å²) < 4.78 is 0. The van der Waals surface area contributed by atoms with Crippen molar-refractivity contribution in [2.75, 3.05) is 25.5 Å². The van der Waals surface area contributed by atoms with E-state index >= 15 is 0 Å². The molecule has 2 fully saturated rings. The number of nitro groups is 1. The number of fused-ring (bicyclic) bond motifs is 4. The number of benzene rings is 1. The standard InChI is InChI=1S/C19H22N4O4S/c1-20-16(24)19(17(25)21(2)18(20)28)11-12-10-13(23(26)27)7-8-14(12)22-9-5-3-4-6-15(19)22/h7-8,10,15H,3-6,9,11H2,1-2H3. The van der Waals surface area contributed by atoms with Gasteiger partial charge in [0.05, 0.1) is 11.0 Å². The molecule has 9 heteroatoms. The summed E-state index contributed by atoms with van der Waals surface area (Å²) in [6.45, 7) is 0.718. The Hall–Kier alpha value is -2.55. The Morgan fingerprint density at radius 1 is 1.14 bits per heavy atom. The lowest BCUT2D eigenvalue weighted by molar-refractivity contribution is -0.384. The molecule has 1 spiro atoms. The smallest absolute Gasteiger partial charge is 0.269 e. The van der Waals surface area contributed by atoms with Crippen LogP contribution >= 0.6 is 12.2 Å². The van der Waals surface area contributed by atoms with Gasteiger partial charge in [-0.05, 0) is 36.7 Å².